The van der Waals surface area contributed by atoms with Crippen molar-refractivity contribution >= 4 is 0 Å². The molecule has 0 amide bonds. The van der Waals surface area contributed by atoms with E-state index in [1.165, 1.54) is 51.4 Å². The first kappa shape index (κ1) is 21.0. The molecule has 190 valence electrons. The minimum absolute atomic E-state index is 0.0486. The Morgan fingerprint density at radius 2 is 1.67 bits per heavy atom. The molecule has 0 aromatic heterocycles. The molecule has 1 heterocycles. The van der Waals surface area contributed by atoms with Gasteiger partial charge in [-0.15, -0.1) is 0 Å². The van der Waals surface area contributed by atoms with E-state index in [9.17, 15) is 5.11 Å². The van der Waals surface area contributed by atoms with Crippen molar-refractivity contribution in [3.63, 3.8) is 0 Å². The first-order chi connectivity index (χ1) is 16.8. The molecule has 1 spiro atoms. The van der Waals surface area contributed by atoms with E-state index in [0.717, 1.165) is 30.1 Å². The van der Waals surface area contributed by atoms with Gasteiger partial charge in [-0.1, -0.05) is 53.9 Å². The number of aliphatic hydroxyl groups is 1. The molecule has 0 bridgehead atoms. The second-order valence-electron chi connectivity index (χ2n) is 13.9. The van der Waals surface area contributed by atoms with Gasteiger partial charge in [-0.3, -0.25) is 0 Å². The molecule has 0 radical (unpaired) electrons. The minimum atomic E-state index is -2.52. The molecule has 5 fully saturated rings. The topological polar surface area (TPSA) is 38.7 Å². The summed E-state index contributed by atoms with van der Waals surface area (Å²) in [6.45, 7) is 10.4. The number of hydrogen-bond donors (Lipinski definition) is 1. The Labute approximate surface area is 208 Å². The van der Waals surface area contributed by atoms with Crippen LogP contribution in [0.15, 0.2) is 0 Å². The fraction of sp³-hybridized carbons (Fsp3) is 1.00. The predicted octanol–water partition coefficient (Wildman–Crippen LogP) is 7.21. The highest BCUT2D eigenvalue weighted by molar-refractivity contribution is 5.14. The molecule has 3 nitrogen and oxygen atoms in total. The molecule has 0 aromatic rings. The van der Waals surface area contributed by atoms with Crippen molar-refractivity contribution in [1.29, 1.82) is 0 Å². The van der Waals surface area contributed by atoms with Crippen LogP contribution in [-0.2, 0) is 9.47 Å². The molecule has 1 aliphatic heterocycles. The van der Waals surface area contributed by atoms with Crippen LogP contribution in [-0.4, -0.2) is 29.7 Å². The number of hydrogen-bond acceptors (Lipinski definition) is 3. The maximum atomic E-state index is 11.7. The second-order valence-corrected chi connectivity index (χ2v) is 13.9. The Balaban J connectivity index is 1.37. The Kier molecular flexibility index (Phi) is 5.40. The van der Waals surface area contributed by atoms with Gasteiger partial charge in [0.05, 0.1) is 13.2 Å². The SMILES string of the molecule is [2H]C([2H])([2H])[C@]1(O)C[C@@H]2CC[C@@H]3[C@H](CC[C@]4(C)[C@@H]([C@H](C)CCCC(C)C)CC[C@@H]34)[C@@]2(C)CC12OCCO2. The quantitative estimate of drug-likeness (QED) is 0.468. The van der Waals surface area contributed by atoms with Crippen LogP contribution in [0.5, 0.6) is 0 Å². The summed E-state index contributed by atoms with van der Waals surface area (Å²) in [6, 6.07) is 0. The van der Waals surface area contributed by atoms with E-state index in [2.05, 4.69) is 34.6 Å². The highest BCUT2D eigenvalue weighted by atomic mass is 16.7. The van der Waals surface area contributed by atoms with Crippen molar-refractivity contribution < 1.29 is 18.7 Å². The highest BCUT2D eigenvalue weighted by Gasteiger charge is 2.67. The van der Waals surface area contributed by atoms with Gasteiger partial charge in [0, 0.05) is 10.5 Å². The van der Waals surface area contributed by atoms with Gasteiger partial charge in [0.25, 0.3) is 0 Å². The number of rotatable bonds is 5. The Bertz CT molecular complexity index is 808. The van der Waals surface area contributed by atoms with Gasteiger partial charge < -0.3 is 14.6 Å². The van der Waals surface area contributed by atoms with E-state index in [-0.39, 0.29) is 17.8 Å². The van der Waals surface area contributed by atoms with E-state index in [1.54, 1.807) is 0 Å². The normalized spacial score (nSPS) is 51.4. The summed E-state index contributed by atoms with van der Waals surface area (Å²) in [5.41, 5.74) is -1.54. The van der Waals surface area contributed by atoms with Crippen LogP contribution in [0.4, 0.5) is 0 Å². The first-order valence-electron chi connectivity index (χ1n) is 15.8. The Hall–Kier alpha value is -0.120. The minimum Gasteiger partial charge on any atom is -0.385 e. The first-order valence-corrected chi connectivity index (χ1v) is 14.3. The summed E-state index contributed by atoms with van der Waals surface area (Å²) in [7, 11) is 0. The monoisotopic (exact) mass is 463 g/mol. The lowest BCUT2D eigenvalue weighted by atomic mass is 9.43. The fourth-order valence-corrected chi connectivity index (χ4v) is 10.1. The molecule has 5 aliphatic rings. The molecular formula is C30H52O3. The molecule has 4 saturated carbocycles. The summed E-state index contributed by atoms with van der Waals surface area (Å²) in [5.74, 6) is 3.29. The number of ether oxygens (including phenoxy) is 2. The molecule has 1 N–H and O–H groups in total. The molecule has 33 heavy (non-hydrogen) atoms. The highest BCUT2D eigenvalue weighted by Crippen LogP contribution is 2.70. The van der Waals surface area contributed by atoms with E-state index in [1.807, 2.05) is 0 Å². The van der Waals surface area contributed by atoms with E-state index >= 15 is 0 Å². The van der Waals surface area contributed by atoms with Crippen LogP contribution in [0.1, 0.15) is 116 Å². The molecule has 0 aromatic carbocycles. The summed E-state index contributed by atoms with van der Waals surface area (Å²) < 4.78 is 36.9. The third-order valence-electron chi connectivity index (χ3n) is 11.8. The van der Waals surface area contributed by atoms with Gasteiger partial charge >= 0.3 is 0 Å². The van der Waals surface area contributed by atoms with Crippen molar-refractivity contribution in [3.05, 3.63) is 0 Å². The average Bonchev–Trinajstić information content (AvgIpc) is 3.38. The van der Waals surface area contributed by atoms with Crippen molar-refractivity contribution in [2.75, 3.05) is 13.2 Å². The van der Waals surface area contributed by atoms with Gasteiger partial charge in [0.2, 0.25) is 0 Å². The maximum absolute atomic E-state index is 11.7. The number of fused-ring (bicyclic) bond motifs is 5. The third-order valence-corrected chi connectivity index (χ3v) is 11.8. The molecule has 1 saturated heterocycles. The molecule has 3 heteroatoms. The zero-order valence-corrected chi connectivity index (χ0v) is 22.0. The van der Waals surface area contributed by atoms with Gasteiger partial charge in [-0.05, 0) is 104 Å². The largest absolute Gasteiger partial charge is 0.385 e. The molecule has 5 rings (SSSR count). The van der Waals surface area contributed by atoms with Gasteiger partial charge in [0.1, 0.15) is 5.60 Å². The molecule has 4 aliphatic carbocycles. The molecule has 9 atom stereocenters. The summed E-state index contributed by atoms with van der Waals surface area (Å²) in [4.78, 5) is 0. The smallest absolute Gasteiger partial charge is 0.197 e. The molecular weight excluding hydrogens is 408 g/mol. The lowest BCUT2D eigenvalue weighted by molar-refractivity contribution is -0.321. The predicted molar refractivity (Wildman–Crippen MR) is 134 cm³/mol. The standard InChI is InChI=1S/C30H52O3/c1-20(2)8-7-9-21(3)24-12-13-25-23-11-10-22-18-29(6,31)30(32-16-17-33-30)19-28(22,5)26(23)14-15-27(24,25)4/h20-26,31H,7-19H2,1-6H3/t21-,22+,23+,24-,25+,26+,27-,28+,29+/m1/s1/i6D3. The summed E-state index contributed by atoms with van der Waals surface area (Å²) in [5, 5.41) is 11.7. The fourth-order valence-electron chi connectivity index (χ4n) is 10.1. The van der Waals surface area contributed by atoms with Crippen LogP contribution < -0.4 is 0 Å². The van der Waals surface area contributed by atoms with Crippen LogP contribution in [0.25, 0.3) is 0 Å². The zero-order chi connectivity index (χ0) is 26.1. The van der Waals surface area contributed by atoms with Crippen LogP contribution in [0, 0.1) is 52.3 Å². The van der Waals surface area contributed by atoms with Crippen LogP contribution in [0.3, 0.4) is 0 Å². The summed E-state index contributed by atoms with van der Waals surface area (Å²) in [6.07, 6.45) is 12.3. The molecule has 0 unspecified atom stereocenters. The van der Waals surface area contributed by atoms with Gasteiger partial charge in [-0.2, -0.15) is 0 Å². The zero-order valence-electron chi connectivity index (χ0n) is 25.0. The van der Waals surface area contributed by atoms with Gasteiger partial charge in [-0.25, -0.2) is 0 Å². The van der Waals surface area contributed by atoms with Crippen molar-refractivity contribution in [2.24, 2.45) is 52.3 Å². The van der Waals surface area contributed by atoms with E-state index in [0.29, 0.717) is 36.9 Å². The Morgan fingerprint density at radius 1 is 0.939 bits per heavy atom. The van der Waals surface area contributed by atoms with Crippen molar-refractivity contribution in [2.45, 2.75) is 123 Å². The lowest BCUT2D eigenvalue weighted by Gasteiger charge is -2.64. The van der Waals surface area contributed by atoms with Crippen LogP contribution >= 0.6 is 0 Å². The average molecular weight is 464 g/mol. The lowest BCUT2D eigenvalue weighted by Crippen LogP contribution is -2.65. The Morgan fingerprint density at radius 3 is 2.36 bits per heavy atom. The van der Waals surface area contributed by atoms with E-state index in [4.69, 9.17) is 13.6 Å². The van der Waals surface area contributed by atoms with E-state index < -0.39 is 18.2 Å². The third kappa shape index (κ3) is 3.77. The second kappa shape index (κ2) is 8.48. The maximum Gasteiger partial charge on any atom is 0.197 e. The summed E-state index contributed by atoms with van der Waals surface area (Å²) >= 11 is 0. The van der Waals surface area contributed by atoms with Crippen molar-refractivity contribution in [3.8, 4) is 0 Å². The van der Waals surface area contributed by atoms with Crippen molar-refractivity contribution in [1.82, 2.24) is 0 Å². The van der Waals surface area contributed by atoms with Crippen LogP contribution in [0.2, 0.25) is 0 Å². The van der Waals surface area contributed by atoms with Gasteiger partial charge in [0.15, 0.2) is 5.79 Å².